The van der Waals surface area contributed by atoms with Crippen molar-refractivity contribution < 1.29 is 66.2 Å². The average Bonchev–Trinajstić information content (AvgIpc) is 2.71. The molecule has 3 unspecified atom stereocenters. The Hall–Kier alpha value is -1.65. The van der Waals surface area contributed by atoms with Gasteiger partial charge in [-0.1, -0.05) is 13.8 Å². The van der Waals surface area contributed by atoms with Gasteiger partial charge in [0, 0.05) is 89.4 Å². The molecule has 0 spiro atoms. The number of nitrogens with one attached hydrogen (secondary N) is 3. The largest absolute Gasteiger partial charge is 0.469 e. The number of rotatable bonds is 17. The van der Waals surface area contributed by atoms with Gasteiger partial charge in [0.2, 0.25) is 11.8 Å². The van der Waals surface area contributed by atoms with Crippen molar-refractivity contribution in [2.45, 2.75) is 83.3 Å². The van der Waals surface area contributed by atoms with Gasteiger partial charge in [-0.05, 0) is 19.3 Å². The van der Waals surface area contributed by atoms with Crippen LogP contribution in [-0.4, -0.2) is 67.4 Å². The van der Waals surface area contributed by atoms with E-state index in [-0.39, 0.29) is 95.6 Å². The van der Waals surface area contributed by atoms with Crippen molar-refractivity contribution in [2.75, 3.05) is 14.2 Å². The summed E-state index contributed by atoms with van der Waals surface area (Å²) in [5.74, 6) is -2.04. The first-order chi connectivity index (χ1) is 15.0. The van der Waals surface area contributed by atoms with Gasteiger partial charge in [-0.3, -0.25) is 24.0 Å². The third-order valence-corrected chi connectivity index (χ3v) is 4.85. The van der Waals surface area contributed by atoms with E-state index in [9.17, 15) is 28.8 Å². The maximum absolute atomic E-state index is 12.5. The Morgan fingerprint density at radius 2 is 1.15 bits per heavy atom. The Kier molecular flexibility index (Phi) is 19.0. The van der Waals surface area contributed by atoms with Gasteiger partial charge in [-0.2, -0.15) is 0 Å². The van der Waals surface area contributed by atoms with Crippen molar-refractivity contribution in [3.63, 3.8) is 0 Å². The summed E-state index contributed by atoms with van der Waals surface area (Å²) in [4.78, 5) is 71.5. The van der Waals surface area contributed by atoms with Crippen LogP contribution < -0.4 is 16.0 Å². The predicted molar refractivity (Wildman–Crippen MR) is 117 cm³/mol. The summed E-state index contributed by atoms with van der Waals surface area (Å²) in [6, 6.07) is -1.92. The molecule has 0 heterocycles. The summed E-state index contributed by atoms with van der Waals surface area (Å²) in [7, 11) is 2.86. The van der Waals surface area contributed by atoms with Crippen LogP contribution in [0.15, 0.2) is 0 Å². The molecule has 1 radical (unpaired) electrons. The van der Waals surface area contributed by atoms with E-state index >= 15 is 0 Å². The molecule has 0 aliphatic rings. The van der Waals surface area contributed by atoms with Gasteiger partial charge in [0.25, 0.3) is 0 Å². The fourth-order valence-corrected chi connectivity index (χ4v) is 3.04. The van der Waals surface area contributed by atoms with Gasteiger partial charge in [-0.15, -0.1) is 0 Å². The van der Waals surface area contributed by atoms with E-state index in [2.05, 4.69) is 27.6 Å². The number of ketones is 3. The topological polar surface area (TPSA) is 148 Å². The maximum Gasteiger partial charge on any atom is 0.307 e. The molecule has 185 valence electrons. The minimum Gasteiger partial charge on any atom is -0.469 e. The van der Waals surface area contributed by atoms with E-state index in [1.54, 1.807) is 20.9 Å². The Balaban J connectivity index is 0. The van der Waals surface area contributed by atoms with Crippen LogP contribution in [0.25, 0.3) is 0 Å². The standard InChI is InChI=1S/C22H36N3O7.Y/c1-6-18(27)9-16(8-14(3)26)24-21(30)12-17(10-19(28)7-2)25-20(29)11-15(23-4)13-22(31)32-5;/h15-17,23H,3,6-13H2,1-2,4-5H3,(H,24,30)(H,25,29);/q-1;. The number of Topliss-reactive ketones (excluding diaryl/α,β-unsaturated/α-hetero) is 3. The van der Waals surface area contributed by atoms with Gasteiger partial charge >= 0.3 is 5.97 Å². The molecule has 0 aromatic rings. The summed E-state index contributed by atoms with van der Waals surface area (Å²) in [5, 5.41) is 8.17. The number of methoxy groups -OCH3 is 1. The van der Waals surface area contributed by atoms with E-state index in [0.717, 1.165) is 0 Å². The van der Waals surface area contributed by atoms with Crippen LogP contribution in [0.2, 0.25) is 0 Å². The van der Waals surface area contributed by atoms with Gasteiger partial charge in [-0.25, -0.2) is 0 Å². The van der Waals surface area contributed by atoms with Crippen molar-refractivity contribution in [3.05, 3.63) is 6.92 Å². The third-order valence-electron chi connectivity index (χ3n) is 4.85. The van der Waals surface area contributed by atoms with E-state index in [1.807, 2.05) is 0 Å². The molecule has 33 heavy (non-hydrogen) atoms. The van der Waals surface area contributed by atoms with E-state index < -0.39 is 41.7 Å². The van der Waals surface area contributed by atoms with Crippen molar-refractivity contribution in [1.82, 2.24) is 16.0 Å². The second kappa shape index (κ2) is 18.7. The molecular weight excluding hydrogens is 507 g/mol. The number of carbonyl (C=O) groups excluding carboxylic acids is 6. The maximum atomic E-state index is 12.5. The first-order valence-corrected chi connectivity index (χ1v) is 10.7. The molecule has 0 aliphatic carbocycles. The molecule has 0 aromatic carbocycles. The second-order valence-corrected chi connectivity index (χ2v) is 7.64. The van der Waals surface area contributed by atoms with Crippen LogP contribution in [0.4, 0.5) is 0 Å². The molecule has 0 rings (SSSR count). The molecule has 3 N–H and O–H groups in total. The smallest absolute Gasteiger partial charge is 0.307 e. The van der Waals surface area contributed by atoms with Crippen molar-refractivity contribution in [2.24, 2.45) is 0 Å². The molecule has 0 bridgehead atoms. The molecule has 2 amide bonds. The zero-order valence-corrected chi connectivity index (χ0v) is 22.9. The van der Waals surface area contributed by atoms with Crippen LogP contribution in [0, 0.1) is 6.92 Å². The number of hydrogen-bond acceptors (Lipinski definition) is 8. The first-order valence-electron chi connectivity index (χ1n) is 10.7. The van der Waals surface area contributed by atoms with Gasteiger partial charge in [0.15, 0.2) is 0 Å². The van der Waals surface area contributed by atoms with Crippen molar-refractivity contribution >= 4 is 35.1 Å². The van der Waals surface area contributed by atoms with Crippen LogP contribution in [0.5, 0.6) is 0 Å². The normalized spacial score (nSPS) is 13.0. The summed E-state index contributed by atoms with van der Waals surface area (Å²) in [6.45, 7) is 6.66. The van der Waals surface area contributed by atoms with E-state index in [4.69, 9.17) is 0 Å². The number of hydrogen-bond donors (Lipinski definition) is 3. The summed E-state index contributed by atoms with van der Waals surface area (Å²) >= 11 is 0. The molecule has 0 aromatic heterocycles. The molecule has 0 fully saturated rings. The van der Waals surface area contributed by atoms with Crippen LogP contribution in [0.1, 0.15) is 65.2 Å². The van der Waals surface area contributed by atoms with E-state index in [1.165, 1.54) is 7.11 Å². The van der Waals surface area contributed by atoms with Gasteiger partial charge in [0.05, 0.1) is 13.5 Å². The summed E-state index contributed by atoms with van der Waals surface area (Å²) < 4.78 is 4.60. The van der Waals surface area contributed by atoms with Crippen molar-refractivity contribution in [3.8, 4) is 0 Å². The third kappa shape index (κ3) is 16.6. The molecule has 0 aliphatic heterocycles. The number of ether oxygens (including phenoxy) is 1. The predicted octanol–water partition coefficient (Wildman–Crippen LogP) is 0.416. The molecule has 0 saturated heterocycles. The molecular formula is C22H36N3O7Y-. The molecule has 11 heteroatoms. The van der Waals surface area contributed by atoms with Crippen LogP contribution in [-0.2, 0) is 66.2 Å². The summed E-state index contributed by atoms with van der Waals surface area (Å²) in [5.41, 5.74) is 0. The number of amides is 2. The molecule has 3 atom stereocenters. The van der Waals surface area contributed by atoms with Crippen LogP contribution in [0.3, 0.4) is 0 Å². The fourth-order valence-electron chi connectivity index (χ4n) is 3.04. The zero-order valence-electron chi connectivity index (χ0n) is 20.0. The van der Waals surface area contributed by atoms with Crippen molar-refractivity contribution in [1.29, 1.82) is 0 Å². The van der Waals surface area contributed by atoms with Gasteiger partial charge < -0.3 is 32.4 Å². The number of esters is 1. The Morgan fingerprint density at radius 1 is 0.727 bits per heavy atom. The Bertz CT molecular complexity index is 685. The second-order valence-electron chi connectivity index (χ2n) is 7.64. The quantitative estimate of drug-likeness (QED) is 0.177. The minimum atomic E-state index is -0.761. The summed E-state index contributed by atoms with van der Waals surface area (Å²) in [6.07, 6.45) is 0.161. The average molecular weight is 543 g/mol. The zero-order chi connectivity index (χ0) is 24.7. The Labute approximate surface area is 221 Å². The Morgan fingerprint density at radius 3 is 1.52 bits per heavy atom. The molecule has 0 saturated carbocycles. The minimum absolute atomic E-state index is 0. The molecule has 10 nitrogen and oxygen atoms in total. The number of carbonyl (C=O) groups is 6. The fraction of sp³-hybridized carbons (Fsp3) is 0.682. The van der Waals surface area contributed by atoms with Gasteiger partial charge in [0.1, 0.15) is 11.6 Å². The van der Waals surface area contributed by atoms with E-state index in [0.29, 0.717) is 0 Å². The van der Waals surface area contributed by atoms with Crippen LogP contribution >= 0.6 is 0 Å². The first kappa shape index (κ1) is 33.5. The monoisotopic (exact) mass is 543 g/mol. The SMILES string of the molecule is [CH2-]C(=O)CC(CC(=O)CC)NC(=O)CC(CC(=O)CC)NC(=O)CC(CC(=O)OC)NC.[Y].